The van der Waals surface area contributed by atoms with Crippen LogP contribution in [0.15, 0.2) is 43.4 Å². The number of amides is 1. The lowest BCUT2D eigenvalue weighted by molar-refractivity contribution is 0.0705. The predicted molar refractivity (Wildman–Crippen MR) is 124 cm³/mol. The molecule has 1 aromatic carbocycles. The molecule has 1 saturated heterocycles. The molecule has 3 rings (SSSR count). The summed E-state index contributed by atoms with van der Waals surface area (Å²) < 4.78 is 5.35. The molecule has 2 aromatic rings. The van der Waals surface area contributed by atoms with Gasteiger partial charge in [0.15, 0.2) is 0 Å². The zero-order chi connectivity index (χ0) is 22.9. The second kappa shape index (κ2) is 11.4. The van der Waals surface area contributed by atoms with Crippen LogP contribution in [0.3, 0.4) is 0 Å². The summed E-state index contributed by atoms with van der Waals surface area (Å²) in [6.45, 7) is 7.51. The molecule has 0 radical (unpaired) electrons. The van der Waals surface area contributed by atoms with Gasteiger partial charge < -0.3 is 19.9 Å². The van der Waals surface area contributed by atoms with Gasteiger partial charge in [0.05, 0.1) is 12.7 Å². The van der Waals surface area contributed by atoms with E-state index in [0.29, 0.717) is 11.9 Å². The Morgan fingerprint density at radius 2 is 2.06 bits per heavy atom. The molecule has 0 atom stereocenters. The number of hydrogen-bond donors (Lipinski definition) is 3. The van der Waals surface area contributed by atoms with Gasteiger partial charge in [-0.3, -0.25) is 10.0 Å². The lowest BCUT2D eigenvalue weighted by Crippen LogP contribution is -2.38. The highest BCUT2D eigenvalue weighted by Crippen LogP contribution is 2.26. The number of rotatable bonds is 10. The van der Waals surface area contributed by atoms with Crippen LogP contribution in [0.25, 0.3) is 0 Å². The molecule has 1 aliphatic rings. The third kappa shape index (κ3) is 5.95. The Morgan fingerprint density at radius 1 is 1.34 bits per heavy atom. The van der Waals surface area contributed by atoms with Crippen molar-refractivity contribution in [2.45, 2.75) is 19.3 Å². The quantitative estimate of drug-likeness (QED) is 0.294. The zero-order valence-electron chi connectivity index (χ0n) is 18.8. The molecule has 2 heterocycles. The molecule has 1 aromatic heterocycles. The molecule has 172 valence electrons. The number of benzene rings is 1. The maximum absolute atomic E-state index is 11.4. The molecule has 9 nitrogen and oxygen atoms in total. The molecule has 1 amide bonds. The summed E-state index contributed by atoms with van der Waals surface area (Å²) in [5, 5.41) is 12.3. The van der Waals surface area contributed by atoms with Gasteiger partial charge in [0.25, 0.3) is 5.91 Å². The number of ether oxygens (including phenoxy) is 1. The molecule has 0 aliphatic carbocycles. The van der Waals surface area contributed by atoms with Crippen LogP contribution in [0, 0.1) is 5.92 Å². The number of hydroxylamine groups is 1. The van der Waals surface area contributed by atoms with E-state index in [9.17, 15) is 4.79 Å². The summed E-state index contributed by atoms with van der Waals surface area (Å²) in [7, 11) is 3.67. The lowest BCUT2D eigenvalue weighted by atomic mass is 9.97. The molecule has 0 spiro atoms. The van der Waals surface area contributed by atoms with Gasteiger partial charge in [-0.1, -0.05) is 12.6 Å². The summed E-state index contributed by atoms with van der Waals surface area (Å²) in [4.78, 5) is 24.0. The van der Waals surface area contributed by atoms with Gasteiger partial charge in [0.2, 0.25) is 5.95 Å². The molecular formula is C23H32N6O3. The Labute approximate surface area is 189 Å². The Kier molecular flexibility index (Phi) is 8.41. The SMILES string of the molecule is C=CN(C)c1cc(OC)ccc1CCNCC1CCN(c2ncc(C(=O)NO)cn2)CC1. The minimum atomic E-state index is -0.612. The van der Waals surface area contributed by atoms with Crippen LogP contribution < -0.4 is 25.3 Å². The fraction of sp³-hybridized carbons (Fsp3) is 0.435. The molecule has 0 saturated carbocycles. The van der Waals surface area contributed by atoms with Crippen molar-refractivity contribution in [2.24, 2.45) is 5.92 Å². The topological polar surface area (TPSA) is 103 Å². The Morgan fingerprint density at radius 3 is 2.69 bits per heavy atom. The lowest BCUT2D eigenvalue weighted by Gasteiger charge is -2.32. The minimum absolute atomic E-state index is 0.231. The standard InChI is InChI=1S/C23H32N6O3/c1-4-28(2)21-13-20(32-3)6-5-18(21)7-10-24-14-17-8-11-29(12-9-17)23-25-15-19(16-26-23)22(30)27-31/h4-6,13,15-17,24,31H,1,7-12,14H2,2-3H3,(H,27,30). The van der Waals surface area contributed by atoms with Gasteiger partial charge in [-0.05, 0) is 56.1 Å². The number of carbonyl (C=O) groups is 1. The normalized spacial score (nSPS) is 14.2. The summed E-state index contributed by atoms with van der Waals surface area (Å²) in [5.41, 5.74) is 4.18. The van der Waals surface area contributed by atoms with Crippen molar-refractivity contribution in [1.29, 1.82) is 0 Å². The van der Waals surface area contributed by atoms with E-state index in [2.05, 4.69) is 32.8 Å². The smallest absolute Gasteiger partial charge is 0.277 e. The molecule has 32 heavy (non-hydrogen) atoms. The highest BCUT2D eigenvalue weighted by atomic mass is 16.5. The number of anilines is 2. The summed E-state index contributed by atoms with van der Waals surface area (Å²) in [5.74, 6) is 1.45. The Balaban J connectivity index is 1.43. The van der Waals surface area contributed by atoms with E-state index in [4.69, 9.17) is 9.94 Å². The van der Waals surface area contributed by atoms with Crippen LogP contribution in [-0.4, -0.2) is 61.4 Å². The molecule has 1 fully saturated rings. The Hall–Kier alpha value is -3.17. The van der Waals surface area contributed by atoms with Crippen LogP contribution in [0.4, 0.5) is 11.6 Å². The molecule has 1 aliphatic heterocycles. The number of methoxy groups -OCH3 is 1. The summed E-state index contributed by atoms with van der Waals surface area (Å²) in [6, 6.07) is 6.15. The number of hydrogen-bond acceptors (Lipinski definition) is 8. The molecule has 0 bridgehead atoms. The van der Waals surface area contributed by atoms with E-state index in [1.807, 2.05) is 24.1 Å². The number of piperidine rings is 1. The van der Waals surface area contributed by atoms with Gasteiger partial charge in [0.1, 0.15) is 5.75 Å². The van der Waals surface area contributed by atoms with Crippen molar-refractivity contribution in [3.63, 3.8) is 0 Å². The van der Waals surface area contributed by atoms with Crippen molar-refractivity contribution in [2.75, 3.05) is 50.1 Å². The highest BCUT2D eigenvalue weighted by molar-refractivity contribution is 5.92. The van der Waals surface area contributed by atoms with Gasteiger partial charge in [-0.25, -0.2) is 15.4 Å². The van der Waals surface area contributed by atoms with Crippen LogP contribution in [-0.2, 0) is 6.42 Å². The average molecular weight is 441 g/mol. The van der Waals surface area contributed by atoms with Crippen molar-refractivity contribution in [3.8, 4) is 5.75 Å². The fourth-order valence-electron chi connectivity index (χ4n) is 3.84. The number of carbonyl (C=O) groups excluding carboxylic acids is 1. The molecule has 0 unspecified atom stereocenters. The summed E-state index contributed by atoms with van der Waals surface area (Å²) in [6.07, 6.45) is 7.71. The van der Waals surface area contributed by atoms with Crippen molar-refractivity contribution in [1.82, 2.24) is 20.8 Å². The first kappa shape index (κ1) is 23.5. The third-order valence-electron chi connectivity index (χ3n) is 5.85. The summed E-state index contributed by atoms with van der Waals surface area (Å²) >= 11 is 0. The second-order valence-electron chi connectivity index (χ2n) is 7.89. The van der Waals surface area contributed by atoms with Crippen LogP contribution in [0.1, 0.15) is 28.8 Å². The monoisotopic (exact) mass is 440 g/mol. The van der Waals surface area contributed by atoms with Crippen LogP contribution in [0.5, 0.6) is 5.75 Å². The maximum Gasteiger partial charge on any atom is 0.277 e. The predicted octanol–water partition coefficient (Wildman–Crippen LogP) is 2.23. The largest absolute Gasteiger partial charge is 0.497 e. The highest BCUT2D eigenvalue weighted by Gasteiger charge is 2.21. The van der Waals surface area contributed by atoms with E-state index in [1.165, 1.54) is 18.0 Å². The number of nitrogens with one attached hydrogen (secondary N) is 2. The van der Waals surface area contributed by atoms with E-state index in [-0.39, 0.29) is 5.56 Å². The average Bonchev–Trinajstić information content (AvgIpc) is 2.86. The maximum atomic E-state index is 11.4. The first-order chi connectivity index (χ1) is 15.5. The van der Waals surface area contributed by atoms with Crippen molar-refractivity contribution in [3.05, 3.63) is 54.5 Å². The molecule has 3 N–H and O–H groups in total. The first-order valence-electron chi connectivity index (χ1n) is 10.8. The second-order valence-corrected chi connectivity index (χ2v) is 7.89. The number of aromatic nitrogens is 2. The van der Waals surface area contributed by atoms with Crippen LogP contribution in [0.2, 0.25) is 0 Å². The van der Waals surface area contributed by atoms with Crippen molar-refractivity contribution < 1.29 is 14.7 Å². The van der Waals surface area contributed by atoms with Gasteiger partial charge in [0, 0.05) is 44.3 Å². The molecular weight excluding hydrogens is 408 g/mol. The zero-order valence-corrected chi connectivity index (χ0v) is 18.8. The first-order valence-corrected chi connectivity index (χ1v) is 10.8. The fourth-order valence-corrected chi connectivity index (χ4v) is 3.84. The van der Waals surface area contributed by atoms with Crippen molar-refractivity contribution >= 4 is 17.5 Å². The Bertz CT molecular complexity index is 897. The van der Waals surface area contributed by atoms with Gasteiger partial charge in [-0.2, -0.15) is 0 Å². The number of nitrogens with zero attached hydrogens (tertiary/aromatic N) is 4. The third-order valence-corrected chi connectivity index (χ3v) is 5.85. The van der Waals surface area contributed by atoms with Gasteiger partial charge in [-0.15, -0.1) is 0 Å². The van der Waals surface area contributed by atoms with Crippen LogP contribution >= 0.6 is 0 Å². The van der Waals surface area contributed by atoms with E-state index < -0.39 is 5.91 Å². The molecule has 9 heteroatoms. The van der Waals surface area contributed by atoms with E-state index in [1.54, 1.807) is 18.8 Å². The van der Waals surface area contributed by atoms with Gasteiger partial charge >= 0.3 is 0 Å². The van der Waals surface area contributed by atoms with E-state index in [0.717, 1.165) is 56.9 Å². The minimum Gasteiger partial charge on any atom is -0.497 e. The van der Waals surface area contributed by atoms with E-state index >= 15 is 0 Å².